The SMILES string of the molecule is CC(C)(C)C(C(COC(N)=O)OC(N)=O)(N1C(=O)c2ccccc2C1=O)C(C)(C)C. The van der Waals surface area contributed by atoms with E-state index in [9.17, 15) is 19.2 Å². The van der Waals surface area contributed by atoms with E-state index in [0.29, 0.717) is 0 Å². The lowest BCUT2D eigenvalue weighted by atomic mass is 9.56. The van der Waals surface area contributed by atoms with Crippen LogP contribution in [0.4, 0.5) is 9.59 Å². The molecule has 1 heterocycles. The van der Waals surface area contributed by atoms with E-state index in [1.165, 1.54) is 0 Å². The molecule has 4 N–H and O–H groups in total. The largest absolute Gasteiger partial charge is 0.446 e. The van der Waals surface area contributed by atoms with Gasteiger partial charge in [0.2, 0.25) is 0 Å². The van der Waals surface area contributed by atoms with Gasteiger partial charge in [0.1, 0.15) is 12.1 Å². The van der Waals surface area contributed by atoms with Gasteiger partial charge >= 0.3 is 12.2 Å². The minimum atomic E-state index is -1.46. The zero-order chi connectivity index (χ0) is 23.1. The highest BCUT2D eigenvalue weighted by Gasteiger charge is 2.66. The Morgan fingerprint density at radius 3 is 1.67 bits per heavy atom. The molecule has 4 amide bonds. The molecule has 1 aliphatic heterocycles. The zero-order valence-corrected chi connectivity index (χ0v) is 18.1. The molecule has 1 aliphatic rings. The predicted molar refractivity (Wildman–Crippen MR) is 109 cm³/mol. The number of nitrogens with two attached hydrogens (primary N) is 2. The quantitative estimate of drug-likeness (QED) is 0.703. The maximum Gasteiger partial charge on any atom is 0.404 e. The van der Waals surface area contributed by atoms with Crippen LogP contribution in [0, 0.1) is 10.8 Å². The van der Waals surface area contributed by atoms with Crippen LogP contribution < -0.4 is 11.5 Å². The van der Waals surface area contributed by atoms with Gasteiger partial charge in [-0.25, -0.2) is 9.59 Å². The molecule has 30 heavy (non-hydrogen) atoms. The van der Waals surface area contributed by atoms with E-state index in [-0.39, 0.29) is 11.1 Å². The van der Waals surface area contributed by atoms with Crippen LogP contribution in [-0.4, -0.2) is 47.2 Å². The lowest BCUT2D eigenvalue weighted by Crippen LogP contribution is -2.73. The molecule has 0 saturated heterocycles. The second kappa shape index (κ2) is 7.62. The molecule has 1 aromatic carbocycles. The van der Waals surface area contributed by atoms with Gasteiger partial charge in [0.05, 0.1) is 11.1 Å². The highest BCUT2D eigenvalue weighted by molar-refractivity contribution is 6.22. The van der Waals surface area contributed by atoms with E-state index in [4.69, 9.17) is 20.9 Å². The Kier molecular flexibility index (Phi) is 5.89. The molecular formula is C21H29N3O6. The standard InChI is InChI=1S/C21H29N3O6/c1-19(2,3)21(20(4,5)6,14(30-18(23)28)11-29-17(22)27)24-15(25)12-9-7-8-10-13(12)16(24)26/h7-10,14H,11H2,1-6H3,(H2,22,27)(H2,23,28). The Balaban J connectivity index is 2.83. The maximum absolute atomic E-state index is 13.5. The summed E-state index contributed by atoms with van der Waals surface area (Å²) in [7, 11) is 0. The Labute approximate surface area is 175 Å². The summed E-state index contributed by atoms with van der Waals surface area (Å²) in [5.74, 6) is -1.06. The van der Waals surface area contributed by atoms with E-state index in [1.54, 1.807) is 24.3 Å². The van der Waals surface area contributed by atoms with Gasteiger partial charge in [-0.1, -0.05) is 53.7 Å². The number of nitrogens with zero attached hydrogens (tertiary/aromatic N) is 1. The molecule has 164 valence electrons. The molecule has 0 fully saturated rings. The summed E-state index contributed by atoms with van der Waals surface area (Å²) in [6.45, 7) is 10.4. The van der Waals surface area contributed by atoms with Crippen molar-refractivity contribution in [3.8, 4) is 0 Å². The number of amides is 4. The summed E-state index contributed by atoms with van der Waals surface area (Å²) >= 11 is 0. The first-order chi connectivity index (χ1) is 13.7. The molecule has 1 atom stereocenters. The molecule has 0 bridgehead atoms. The van der Waals surface area contributed by atoms with Gasteiger partial charge in [0.25, 0.3) is 11.8 Å². The monoisotopic (exact) mass is 419 g/mol. The normalized spacial score (nSPS) is 15.6. The van der Waals surface area contributed by atoms with Crippen LogP contribution in [0.15, 0.2) is 24.3 Å². The van der Waals surface area contributed by atoms with Gasteiger partial charge in [-0.15, -0.1) is 0 Å². The minimum Gasteiger partial charge on any atom is -0.446 e. The van der Waals surface area contributed by atoms with E-state index >= 15 is 0 Å². The number of ether oxygens (including phenoxy) is 2. The third-order valence-electron chi connectivity index (χ3n) is 5.53. The van der Waals surface area contributed by atoms with Gasteiger partial charge in [0.15, 0.2) is 6.10 Å². The van der Waals surface area contributed by atoms with Crippen LogP contribution in [0.2, 0.25) is 0 Å². The van der Waals surface area contributed by atoms with Crippen molar-refractivity contribution in [2.75, 3.05) is 6.61 Å². The topological polar surface area (TPSA) is 142 Å². The van der Waals surface area contributed by atoms with Crippen LogP contribution in [0.1, 0.15) is 62.3 Å². The van der Waals surface area contributed by atoms with Crippen LogP contribution >= 0.6 is 0 Å². The minimum absolute atomic E-state index is 0.244. The molecule has 0 aliphatic carbocycles. The second-order valence-corrected chi connectivity index (χ2v) is 9.31. The summed E-state index contributed by atoms with van der Waals surface area (Å²) in [6, 6.07) is 6.46. The van der Waals surface area contributed by atoms with E-state index < -0.39 is 53.1 Å². The first-order valence-corrected chi connectivity index (χ1v) is 9.52. The molecule has 0 aromatic heterocycles. The lowest BCUT2D eigenvalue weighted by molar-refractivity contribution is -0.139. The smallest absolute Gasteiger partial charge is 0.404 e. The molecule has 0 spiro atoms. The van der Waals surface area contributed by atoms with Gasteiger partial charge in [0, 0.05) is 0 Å². The summed E-state index contributed by atoms with van der Waals surface area (Å²) in [5.41, 5.74) is 7.78. The number of carbonyl (C=O) groups is 4. The maximum atomic E-state index is 13.5. The molecule has 9 heteroatoms. The third kappa shape index (κ3) is 3.59. The van der Waals surface area contributed by atoms with Crippen molar-refractivity contribution in [2.45, 2.75) is 53.2 Å². The fraction of sp³-hybridized carbons (Fsp3) is 0.524. The number of hydrogen-bond donors (Lipinski definition) is 2. The zero-order valence-electron chi connectivity index (χ0n) is 18.1. The van der Waals surface area contributed by atoms with Crippen molar-refractivity contribution >= 4 is 24.0 Å². The van der Waals surface area contributed by atoms with E-state index in [1.807, 2.05) is 41.5 Å². The van der Waals surface area contributed by atoms with E-state index in [0.717, 1.165) is 4.90 Å². The Morgan fingerprint density at radius 1 is 0.900 bits per heavy atom. The van der Waals surface area contributed by atoms with Crippen LogP contribution in [0.3, 0.4) is 0 Å². The predicted octanol–water partition coefficient (Wildman–Crippen LogP) is 2.67. The van der Waals surface area contributed by atoms with Gasteiger partial charge in [-0.2, -0.15) is 0 Å². The second-order valence-electron chi connectivity index (χ2n) is 9.31. The number of carbonyl (C=O) groups excluding carboxylic acids is 4. The van der Waals surface area contributed by atoms with Crippen molar-refractivity contribution in [1.82, 2.24) is 4.90 Å². The van der Waals surface area contributed by atoms with Crippen molar-refractivity contribution in [1.29, 1.82) is 0 Å². The lowest BCUT2D eigenvalue weighted by Gasteiger charge is -2.59. The van der Waals surface area contributed by atoms with Gasteiger partial charge in [-0.3, -0.25) is 14.5 Å². The molecule has 9 nitrogen and oxygen atoms in total. The van der Waals surface area contributed by atoms with Gasteiger partial charge in [-0.05, 0) is 23.0 Å². The number of benzene rings is 1. The summed E-state index contributed by atoms with van der Waals surface area (Å²) in [6.07, 6.45) is -3.50. The van der Waals surface area contributed by atoms with Crippen LogP contribution in [0.5, 0.6) is 0 Å². The third-order valence-corrected chi connectivity index (χ3v) is 5.53. The van der Waals surface area contributed by atoms with Crippen molar-refractivity contribution in [2.24, 2.45) is 22.3 Å². The molecule has 2 rings (SSSR count). The van der Waals surface area contributed by atoms with Crippen molar-refractivity contribution < 1.29 is 28.7 Å². The van der Waals surface area contributed by atoms with Crippen LogP contribution in [-0.2, 0) is 9.47 Å². The summed E-state index contributed by atoms with van der Waals surface area (Å²) < 4.78 is 10.4. The number of primary amides is 2. The highest BCUT2D eigenvalue weighted by atomic mass is 16.6. The Morgan fingerprint density at radius 2 is 1.33 bits per heavy atom. The van der Waals surface area contributed by atoms with E-state index in [2.05, 4.69) is 0 Å². The average Bonchev–Trinajstić information content (AvgIpc) is 2.83. The molecule has 0 saturated carbocycles. The molecular weight excluding hydrogens is 390 g/mol. The fourth-order valence-corrected chi connectivity index (χ4v) is 4.95. The first kappa shape index (κ1) is 23.2. The number of fused-ring (bicyclic) bond motifs is 1. The average molecular weight is 419 g/mol. The summed E-state index contributed by atoms with van der Waals surface area (Å²) in [5, 5.41) is 0. The first-order valence-electron chi connectivity index (χ1n) is 9.52. The van der Waals surface area contributed by atoms with Crippen LogP contribution in [0.25, 0.3) is 0 Å². The Bertz CT molecular complexity index is 832. The molecule has 1 aromatic rings. The molecule has 0 radical (unpaired) electrons. The summed E-state index contributed by atoms with van der Waals surface area (Å²) in [4.78, 5) is 51.2. The Hall–Kier alpha value is -3.10. The number of rotatable bonds is 5. The molecule has 1 unspecified atom stereocenters. The fourth-order valence-electron chi connectivity index (χ4n) is 4.95. The van der Waals surface area contributed by atoms with Crippen molar-refractivity contribution in [3.05, 3.63) is 35.4 Å². The number of hydrogen-bond acceptors (Lipinski definition) is 6. The highest BCUT2D eigenvalue weighted by Crippen LogP contribution is 2.53. The van der Waals surface area contributed by atoms with Gasteiger partial charge < -0.3 is 20.9 Å². The van der Waals surface area contributed by atoms with Crippen molar-refractivity contribution in [3.63, 3.8) is 0 Å². The number of imide groups is 1.